The quantitative estimate of drug-likeness (QED) is 0.463. The van der Waals surface area contributed by atoms with Gasteiger partial charge in [-0.3, -0.25) is 14.4 Å². The minimum atomic E-state index is -4.13. The smallest absolute Gasteiger partial charge is 0.349 e. The summed E-state index contributed by atoms with van der Waals surface area (Å²) in [6.45, 7) is 2.67. The number of thiazole rings is 1. The van der Waals surface area contributed by atoms with Crippen LogP contribution in [-0.4, -0.2) is 50.9 Å². The second kappa shape index (κ2) is 10.5. The monoisotopic (exact) mass is 519 g/mol. The average Bonchev–Trinajstić information content (AvgIpc) is 3.44. The third-order valence-electron chi connectivity index (χ3n) is 7.52. The van der Waals surface area contributed by atoms with Gasteiger partial charge in [0.25, 0.3) is 5.91 Å². The number of halogens is 3. The van der Waals surface area contributed by atoms with Crippen LogP contribution in [0, 0.1) is 5.92 Å². The van der Waals surface area contributed by atoms with Crippen LogP contribution >= 0.6 is 11.3 Å². The standard InChI is InChI=1S/C26H32F3N5OS/c1-33-22-14-18(4-5-19(22)15-30-33)25(35)31-20-6-2-17(3-7-20)9-12-34-13-10-23-21(16-34)32-24(36-23)8-11-26(27,28)29/h4-5,14-15,17,20H,2-3,6-13,16H2,1H3,(H,31,35)/t17-,20-. The summed E-state index contributed by atoms with van der Waals surface area (Å²) in [5, 5.41) is 9.09. The van der Waals surface area contributed by atoms with E-state index in [1.807, 2.05) is 25.2 Å². The molecule has 0 spiro atoms. The first kappa shape index (κ1) is 25.2. The van der Waals surface area contributed by atoms with Crippen LogP contribution in [-0.2, 0) is 26.4 Å². The van der Waals surface area contributed by atoms with Crippen LogP contribution in [0.15, 0.2) is 24.4 Å². The van der Waals surface area contributed by atoms with Crippen LogP contribution in [0.2, 0.25) is 0 Å². The number of carbonyl (C=O) groups excluding carboxylic acids is 1. The topological polar surface area (TPSA) is 63.1 Å². The van der Waals surface area contributed by atoms with Crippen molar-refractivity contribution in [1.82, 2.24) is 25.0 Å². The Morgan fingerprint density at radius 2 is 2.03 bits per heavy atom. The zero-order valence-electron chi connectivity index (χ0n) is 20.5. The summed E-state index contributed by atoms with van der Waals surface area (Å²) in [6, 6.07) is 5.90. The van der Waals surface area contributed by atoms with E-state index in [0.29, 0.717) is 16.5 Å². The molecule has 3 aromatic rings. The van der Waals surface area contributed by atoms with E-state index in [0.717, 1.165) is 79.6 Å². The first-order valence-corrected chi connectivity index (χ1v) is 13.5. The Balaban J connectivity index is 1.05. The number of aromatic nitrogens is 3. The number of hydrogen-bond donors (Lipinski definition) is 1. The fourth-order valence-corrected chi connectivity index (χ4v) is 6.43. The van der Waals surface area contributed by atoms with Crippen molar-refractivity contribution in [2.24, 2.45) is 13.0 Å². The summed E-state index contributed by atoms with van der Waals surface area (Å²) in [4.78, 5) is 20.8. The molecule has 36 heavy (non-hydrogen) atoms. The largest absolute Gasteiger partial charge is 0.389 e. The van der Waals surface area contributed by atoms with Crippen LogP contribution < -0.4 is 5.32 Å². The van der Waals surface area contributed by atoms with Gasteiger partial charge in [-0.15, -0.1) is 11.3 Å². The molecule has 194 valence electrons. The lowest BCUT2D eigenvalue weighted by atomic mass is 9.84. The SMILES string of the molecule is Cn1ncc2ccc(C(=O)N[C@H]3CC[C@H](CCN4CCc5sc(CCC(F)(F)F)nc5C4)CC3)cc21. The van der Waals surface area contributed by atoms with Crippen molar-refractivity contribution < 1.29 is 18.0 Å². The van der Waals surface area contributed by atoms with E-state index < -0.39 is 12.6 Å². The van der Waals surface area contributed by atoms with Crippen LogP contribution in [0.5, 0.6) is 0 Å². The number of hydrogen-bond acceptors (Lipinski definition) is 5. The van der Waals surface area contributed by atoms with Crippen LogP contribution in [0.4, 0.5) is 13.2 Å². The summed E-state index contributed by atoms with van der Waals surface area (Å²) in [7, 11) is 1.88. The molecule has 2 aliphatic rings. The van der Waals surface area contributed by atoms with Crippen molar-refractivity contribution in [3.63, 3.8) is 0 Å². The maximum atomic E-state index is 12.8. The Bertz CT molecular complexity index is 1210. The van der Waals surface area contributed by atoms with E-state index in [-0.39, 0.29) is 18.4 Å². The van der Waals surface area contributed by atoms with Crippen molar-refractivity contribution in [1.29, 1.82) is 0 Å². The molecule has 5 rings (SSSR count). The Morgan fingerprint density at radius 3 is 2.81 bits per heavy atom. The molecule has 2 aromatic heterocycles. The number of aryl methyl sites for hydroxylation is 2. The Morgan fingerprint density at radius 1 is 1.22 bits per heavy atom. The molecule has 1 N–H and O–H groups in total. The molecule has 1 aromatic carbocycles. The van der Waals surface area contributed by atoms with Crippen molar-refractivity contribution in [2.45, 2.75) is 70.1 Å². The highest BCUT2D eigenvalue weighted by molar-refractivity contribution is 7.11. The highest BCUT2D eigenvalue weighted by Gasteiger charge is 2.29. The zero-order chi connectivity index (χ0) is 25.3. The molecule has 1 aliphatic heterocycles. The molecule has 0 saturated heterocycles. The molecule has 0 radical (unpaired) electrons. The first-order chi connectivity index (χ1) is 17.2. The number of nitrogens with one attached hydrogen (secondary N) is 1. The number of nitrogens with zero attached hydrogens (tertiary/aromatic N) is 4. The van der Waals surface area contributed by atoms with E-state index >= 15 is 0 Å². The Labute approximate surface area is 212 Å². The molecular formula is C26H32F3N5OS. The number of alkyl halides is 3. The summed E-state index contributed by atoms with van der Waals surface area (Å²) < 4.78 is 39.4. The molecule has 1 fully saturated rings. The van der Waals surface area contributed by atoms with Gasteiger partial charge in [-0.2, -0.15) is 18.3 Å². The average molecular weight is 520 g/mol. The number of rotatable bonds is 7. The summed E-state index contributed by atoms with van der Waals surface area (Å²) in [5.41, 5.74) is 2.59. The van der Waals surface area contributed by atoms with E-state index in [9.17, 15) is 18.0 Å². The minimum Gasteiger partial charge on any atom is -0.349 e. The van der Waals surface area contributed by atoms with Crippen LogP contribution in [0.25, 0.3) is 10.9 Å². The van der Waals surface area contributed by atoms with Gasteiger partial charge in [-0.05, 0) is 63.1 Å². The zero-order valence-corrected chi connectivity index (χ0v) is 21.3. The van der Waals surface area contributed by atoms with Crippen molar-refractivity contribution in [3.8, 4) is 0 Å². The van der Waals surface area contributed by atoms with Gasteiger partial charge in [0.15, 0.2) is 0 Å². The fourth-order valence-electron chi connectivity index (χ4n) is 5.37. The molecule has 0 bridgehead atoms. The number of benzene rings is 1. The Hall–Kier alpha value is -2.46. The minimum absolute atomic E-state index is 0.0150. The van der Waals surface area contributed by atoms with Gasteiger partial charge in [0.2, 0.25) is 0 Å². The molecule has 1 aliphatic carbocycles. The second-order valence-corrected chi connectivity index (χ2v) is 11.3. The van der Waals surface area contributed by atoms with Crippen molar-refractivity contribution in [3.05, 3.63) is 45.5 Å². The van der Waals surface area contributed by atoms with Gasteiger partial charge in [-0.25, -0.2) is 4.98 Å². The molecule has 10 heteroatoms. The molecule has 1 amide bonds. The van der Waals surface area contributed by atoms with Gasteiger partial charge in [0, 0.05) is 54.8 Å². The van der Waals surface area contributed by atoms with Gasteiger partial charge >= 0.3 is 6.18 Å². The van der Waals surface area contributed by atoms with Gasteiger partial charge in [-0.1, -0.05) is 6.07 Å². The summed E-state index contributed by atoms with van der Waals surface area (Å²) in [5.74, 6) is 0.617. The predicted octanol–water partition coefficient (Wildman–Crippen LogP) is 5.26. The number of amides is 1. The molecule has 1 saturated carbocycles. The third-order valence-corrected chi connectivity index (χ3v) is 8.74. The van der Waals surface area contributed by atoms with Gasteiger partial charge < -0.3 is 5.32 Å². The van der Waals surface area contributed by atoms with Gasteiger partial charge in [0.1, 0.15) is 0 Å². The predicted molar refractivity (Wildman–Crippen MR) is 134 cm³/mol. The molecule has 6 nitrogen and oxygen atoms in total. The first-order valence-electron chi connectivity index (χ1n) is 12.7. The molecular weight excluding hydrogens is 487 g/mol. The number of carbonyl (C=O) groups is 1. The fraction of sp³-hybridized carbons (Fsp3) is 0.577. The van der Waals surface area contributed by atoms with E-state index in [2.05, 4.69) is 20.3 Å². The summed E-state index contributed by atoms with van der Waals surface area (Å²) >= 11 is 1.45. The van der Waals surface area contributed by atoms with E-state index in [4.69, 9.17) is 0 Å². The number of fused-ring (bicyclic) bond motifs is 2. The van der Waals surface area contributed by atoms with E-state index in [1.165, 1.54) is 11.3 Å². The van der Waals surface area contributed by atoms with Crippen molar-refractivity contribution >= 4 is 28.1 Å². The third kappa shape index (κ3) is 6.08. The Kier molecular flexibility index (Phi) is 7.35. The molecule has 0 unspecified atom stereocenters. The van der Waals surface area contributed by atoms with E-state index in [1.54, 1.807) is 10.9 Å². The second-order valence-electron chi connectivity index (χ2n) is 10.1. The highest BCUT2D eigenvalue weighted by atomic mass is 32.1. The van der Waals surface area contributed by atoms with Gasteiger partial charge in [0.05, 0.1) is 22.4 Å². The normalized spacial score (nSPS) is 21.0. The van der Waals surface area contributed by atoms with Crippen LogP contribution in [0.3, 0.4) is 0 Å². The lowest BCUT2D eigenvalue weighted by molar-refractivity contribution is -0.134. The maximum absolute atomic E-state index is 12.8. The lowest BCUT2D eigenvalue weighted by Gasteiger charge is -2.32. The highest BCUT2D eigenvalue weighted by Crippen LogP contribution is 2.31. The van der Waals surface area contributed by atoms with Crippen LogP contribution in [0.1, 0.15) is 64.5 Å². The van der Waals surface area contributed by atoms with Crippen molar-refractivity contribution in [2.75, 3.05) is 13.1 Å². The molecule has 0 atom stereocenters. The molecule has 3 heterocycles. The maximum Gasteiger partial charge on any atom is 0.389 e. The summed E-state index contributed by atoms with van der Waals surface area (Å²) in [6.07, 6.45) is 3.02. The lowest BCUT2D eigenvalue weighted by Crippen LogP contribution is -2.38.